The number of benzene rings is 1. The van der Waals surface area contributed by atoms with E-state index in [1.54, 1.807) is 0 Å². The number of hydrogen-bond acceptors (Lipinski definition) is 4. The van der Waals surface area contributed by atoms with Crippen LogP contribution in [0.15, 0.2) is 30.5 Å². The molecule has 0 atom stereocenters. The van der Waals surface area contributed by atoms with Crippen LogP contribution in [0.1, 0.15) is 10.4 Å². The first-order valence-corrected chi connectivity index (χ1v) is 6.59. The standard InChI is InChI=1S/C12H6Cl3N3O3/c13-8-2-1-6(5-9(8)14)17-12(19)7-3-4-16-11(15)10(7)18(20)21/h1-5H,(H,17,19). The molecule has 0 saturated heterocycles. The maximum atomic E-state index is 12.1. The number of aromatic nitrogens is 1. The number of nitrogens with one attached hydrogen (secondary N) is 1. The maximum absolute atomic E-state index is 12.1. The first kappa shape index (κ1) is 15.5. The highest BCUT2D eigenvalue weighted by Gasteiger charge is 2.24. The Bertz CT molecular complexity index is 737. The van der Waals surface area contributed by atoms with Crippen LogP contribution in [0.5, 0.6) is 0 Å². The van der Waals surface area contributed by atoms with Crippen molar-refractivity contribution in [2.45, 2.75) is 0 Å². The molecule has 0 unspecified atom stereocenters. The second-order valence-corrected chi connectivity index (χ2v) is 5.01. The highest BCUT2D eigenvalue weighted by Crippen LogP contribution is 2.28. The van der Waals surface area contributed by atoms with Crippen LogP contribution < -0.4 is 5.32 Å². The predicted molar refractivity (Wildman–Crippen MR) is 80.3 cm³/mol. The van der Waals surface area contributed by atoms with E-state index < -0.39 is 16.5 Å². The third-order valence-electron chi connectivity index (χ3n) is 2.48. The van der Waals surface area contributed by atoms with Crippen LogP contribution in [0, 0.1) is 10.1 Å². The van der Waals surface area contributed by atoms with Crippen molar-refractivity contribution in [3.63, 3.8) is 0 Å². The molecular weight excluding hydrogens is 341 g/mol. The lowest BCUT2D eigenvalue weighted by molar-refractivity contribution is -0.385. The van der Waals surface area contributed by atoms with Crippen molar-refractivity contribution < 1.29 is 9.72 Å². The van der Waals surface area contributed by atoms with Gasteiger partial charge in [-0.25, -0.2) is 4.98 Å². The Morgan fingerprint density at radius 2 is 1.90 bits per heavy atom. The van der Waals surface area contributed by atoms with Gasteiger partial charge in [0.25, 0.3) is 5.91 Å². The molecule has 0 aliphatic heterocycles. The Kier molecular flexibility index (Phi) is 4.62. The van der Waals surface area contributed by atoms with Gasteiger partial charge in [-0.2, -0.15) is 0 Å². The van der Waals surface area contributed by atoms with Crippen molar-refractivity contribution in [2.24, 2.45) is 0 Å². The summed E-state index contributed by atoms with van der Waals surface area (Å²) in [7, 11) is 0. The molecule has 6 nitrogen and oxygen atoms in total. The summed E-state index contributed by atoms with van der Waals surface area (Å²) in [6.07, 6.45) is 1.21. The lowest BCUT2D eigenvalue weighted by atomic mass is 10.2. The van der Waals surface area contributed by atoms with Crippen molar-refractivity contribution in [1.29, 1.82) is 0 Å². The van der Waals surface area contributed by atoms with Crippen molar-refractivity contribution in [2.75, 3.05) is 5.32 Å². The van der Waals surface area contributed by atoms with Crippen LogP contribution in [-0.4, -0.2) is 15.8 Å². The van der Waals surface area contributed by atoms with E-state index in [2.05, 4.69) is 10.3 Å². The van der Waals surface area contributed by atoms with E-state index in [4.69, 9.17) is 34.8 Å². The fourth-order valence-corrected chi connectivity index (χ4v) is 2.08. The number of nitro groups is 1. The Hall–Kier alpha value is -1.89. The van der Waals surface area contributed by atoms with Gasteiger partial charge in [0.15, 0.2) is 0 Å². The Labute approximate surface area is 133 Å². The normalized spacial score (nSPS) is 10.2. The summed E-state index contributed by atoms with van der Waals surface area (Å²) in [5.41, 5.74) is -0.417. The van der Waals surface area contributed by atoms with Crippen LogP contribution in [0.2, 0.25) is 15.2 Å². The topological polar surface area (TPSA) is 85.1 Å². The predicted octanol–water partition coefficient (Wildman–Crippen LogP) is 4.20. The monoisotopic (exact) mass is 345 g/mol. The molecule has 0 aliphatic carbocycles. The van der Waals surface area contributed by atoms with E-state index in [1.807, 2.05) is 0 Å². The molecule has 0 bridgehead atoms. The number of rotatable bonds is 3. The fourth-order valence-electron chi connectivity index (χ4n) is 1.56. The van der Waals surface area contributed by atoms with E-state index in [0.29, 0.717) is 10.7 Å². The van der Waals surface area contributed by atoms with E-state index in [0.717, 1.165) is 0 Å². The highest BCUT2D eigenvalue weighted by atomic mass is 35.5. The summed E-state index contributed by atoms with van der Waals surface area (Å²) < 4.78 is 0. The van der Waals surface area contributed by atoms with Crippen molar-refractivity contribution in [3.8, 4) is 0 Å². The average Bonchev–Trinajstić information content (AvgIpc) is 2.42. The number of carbonyl (C=O) groups excluding carboxylic acids is 1. The molecule has 1 N–H and O–H groups in total. The van der Waals surface area contributed by atoms with Gasteiger partial charge in [-0.05, 0) is 24.3 Å². The fraction of sp³-hybridized carbons (Fsp3) is 0. The van der Waals surface area contributed by atoms with Crippen LogP contribution in [0.3, 0.4) is 0 Å². The summed E-state index contributed by atoms with van der Waals surface area (Å²) in [6, 6.07) is 5.64. The van der Waals surface area contributed by atoms with Gasteiger partial charge >= 0.3 is 5.69 Å². The van der Waals surface area contributed by atoms with Gasteiger partial charge in [0.1, 0.15) is 5.56 Å². The second-order valence-electron chi connectivity index (χ2n) is 3.84. The van der Waals surface area contributed by atoms with Crippen molar-refractivity contribution >= 4 is 52.1 Å². The van der Waals surface area contributed by atoms with E-state index >= 15 is 0 Å². The maximum Gasteiger partial charge on any atom is 0.319 e. The highest BCUT2D eigenvalue weighted by molar-refractivity contribution is 6.42. The summed E-state index contributed by atoms with van der Waals surface area (Å²) in [5, 5.41) is 13.7. The van der Waals surface area contributed by atoms with Gasteiger partial charge in [-0.1, -0.05) is 34.8 Å². The molecule has 0 saturated carbocycles. The Morgan fingerprint density at radius 3 is 2.52 bits per heavy atom. The molecule has 1 amide bonds. The number of pyridine rings is 1. The number of nitrogens with zero attached hydrogens (tertiary/aromatic N) is 2. The third-order valence-corrected chi connectivity index (χ3v) is 3.50. The average molecular weight is 347 g/mol. The molecule has 2 aromatic rings. The van der Waals surface area contributed by atoms with E-state index in [9.17, 15) is 14.9 Å². The zero-order chi connectivity index (χ0) is 15.6. The minimum atomic E-state index is -0.765. The number of halogens is 3. The molecule has 1 heterocycles. The van der Waals surface area contributed by atoms with Crippen LogP contribution in [0.4, 0.5) is 11.4 Å². The zero-order valence-electron chi connectivity index (χ0n) is 10.1. The summed E-state index contributed by atoms with van der Waals surface area (Å²) in [6.45, 7) is 0. The van der Waals surface area contributed by atoms with Gasteiger partial charge in [0.05, 0.1) is 15.0 Å². The molecule has 21 heavy (non-hydrogen) atoms. The lowest BCUT2D eigenvalue weighted by Crippen LogP contribution is -2.14. The molecule has 0 spiro atoms. The summed E-state index contributed by atoms with van der Waals surface area (Å²) in [4.78, 5) is 25.9. The first-order valence-electron chi connectivity index (χ1n) is 5.45. The van der Waals surface area contributed by atoms with Gasteiger partial charge in [0, 0.05) is 11.9 Å². The zero-order valence-corrected chi connectivity index (χ0v) is 12.4. The summed E-state index contributed by atoms with van der Waals surface area (Å²) >= 11 is 17.2. The molecule has 108 valence electrons. The van der Waals surface area contributed by atoms with Gasteiger partial charge in [0.2, 0.25) is 5.15 Å². The third kappa shape index (κ3) is 3.41. The largest absolute Gasteiger partial charge is 0.322 e. The van der Waals surface area contributed by atoms with Crippen molar-refractivity contribution in [3.05, 3.63) is 61.3 Å². The summed E-state index contributed by atoms with van der Waals surface area (Å²) in [5.74, 6) is -0.704. The number of hydrogen-bond donors (Lipinski definition) is 1. The molecule has 2 rings (SSSR count). The van der Waals surface area contributed by atoms with Crippen LogP contribution in [-0.2, 0) is 0 Å². The van der Waals surface area contributed by atoms with Crippen LogP contribution in [0.25, 0.3) is 0 Å². The minimum Gasteiger partial charge on any atom is -0.322 e. The SMILES string of the molecule is O=C(Nc1ccc(Cl)c(Cl)c1)c1ccnc(Cl)c1[N+](=O)[O-]. The molecule has 9 heteroatoms. The number of amides is 1. The molecule has 0 radical (unpaired) electrons. The van der Waals surface area contributed by atoms with Crippen LogP contribution >= 0.6 is 34.8 Å². The van der Waals surface area contributed by atoms with Gasteiger partial charge in [-0.3, -0.25) is 14.9 Å². The van der Waals surface area contributed by atoms with E-state index in [1.165, 1.54) is 30.5 Å². The molecular formula is C12H6Cl3N3O3. The Balaban J connectivity index is 2.35. The van der Waals surface area contributed by atoms with Gasteiger partial charge in [-0.15, -0.1) is 0 Å². The molecule has 1 aromatic heterocycles. The second kappa shape index (κ2) is 6.26. The van der Waals surface area contributed by atoms with Crippen molar-refractivity contribution in [1.82, 2.24) is 4.98 Å². The number of anilines is 1. The Morgan fingerprint density at radius 1 is 1.19 bits per heavy atom. The molecule has 1 aromatic carbocycles. The van der Waals surface area contributed by atoms with E-state index in [-0.39, 0.29) is 15.7 Å². The smallest absolute Gasteiger partial charge is 0.319 e. The molecule has 0 fully saturated rings. The lowest BCUT2D eigenvalue weighted by Gasteiger charge is -2.07. The first-order chi connectivity index (χ1) is 9.90. The minimum absolute atomic E-state index is 0.203. The quantitative estimate of drug-likeness (QED) is 0.512. The molecule has 0 aliphatic rings. The number of carbonyl (C=O) groups is 1. The van der Waals surface area contributed by atoms with Gasteiger partial charge < -0.3 is 5.32 Å².